The van der Waals surface area contributed by atoms with Crippen LogP contribution in [0.25, 0.3) is 0 Å². The summed E-state index contributed by atoms with van der Waals surface area (Å²) in [6, 6.07) is 4.91. The maximum Gasteiger partial charge on any atom is 0.342 e. The number of carbonyl (C=O) groups is 2. The predicted octanol–water partition coefficient (Wildman–Crippen LogP) is 3.31. The second-order valence-corrected chi connectivity index (χ2v) is 8.13. The molecule has 1 amide bonds. The molecule has 2 unspecified atom stereocenters. The minimum atomic E-state index is -0.577. The number of hydrogen-bond acceptors (Lipinski definition) is 6. The first kappa shape index (κ1) is 23.8. The highest BCUT2D eigenvalue weighted by atomic mass is 16.5. The summed E-state index contributed by atoms with van der Waals surface area (Å²) in [5.41, 5.74) is 0.780. The van der Waals surface area contributed by atoms with Crippen molar-refractivity contribution in [2.24, 2.45) is 0 Å². The van der Waals surface area contributed by atoms with Gasteiger partial charge in [-0.15, -0.1) is 0 Å². The minimum absolute atomic E-state index is 0.133. The Morgan fingerprint density at radius 1 is 1.19 bits per heavy atom. The number of cyclic esters (lactones) is 1. The van der Waals surface area contributed by atoms with Crippen molar-refractivity contribution in [3.05, 3.63) is 65.9 Å². The molecular formula is C25H31NO6. The highest BCUT2D eigenvalue weighted by molar-refractivity contribution is 5.94. The highest BCUT2D eigenvalue weighted by Crippen LogP contribution is 2.32. The zero-order valence-corrected chi connectivity index (χ0v) is 18.3. The number of hydrogen-bond donors (Lipinski definition) is 3. The predicted molar refractivity (Wildman–Crippen MR) is 120 cm³/mol. The van der Waals surface area contributed by atoms with Crippen LogP contribution in [0.5, 0.6) is 5.75 Å². The van der Waals surface area contributed by atoms with E-state index in [0.29, 0.717) is 37.7 Å². The van der Waals surface area contributed by atoms with E-state index in [9.17, 15) is 19.8 Å². The van der Waals surface area contributed by atoms with Gasteiger partial charge in [-0.2, -0.15) is 0 Å². The van der Waals surface area contributed by atoms with Crippen LogP contribution in [0.1, 0.15) is 54.9 Å². The van der Waals surface area contributed by atoms with Gasteiger partial charge in [0.15, 0.2) is 0 Å². The second-order valence-electron chi connectivity index (χ2n) is 8.13. The van der Waals surface area contributed by atoms with Gasteiger partial charge < -0.3 is 25.0 Å². The lowest BCUT2D eigenvalue weighted by atomic mass is 9.91. The summed E-state index contributed by atoms with van der Waals surface area (Å²) in [5.74, 6) is -0.969. The average molecular weight is 442 g/mol. The average Bonchev–Trinajstić information content (AvgIpc) is 2.73. The summed E-state index contributed by atoms with van der Waals surface area (Å²) in [6.07, 6.45) is 11.7. The number of rotatable bonds is 6. The van der Waals surface area contributed by atoms with Crippen molar-refractivity contribution in [2.75, 3.05) is 0 Å². The molecule has 0 aromatic heterocycles. The molecule has 7 heteroatoms. The van der Waals surface area contributed by atoms with Crippen LogP contribution in [-0.2, 0) is 20.7 Å². The highest BCUT2D eigenvalue weighted by Gasteiger charge is 2.34. The van der Waals surface area contributed by atoms with E-state index in [1.165, 1.54) is 18.3 Å². The van der Waals surface area contributed by atoms with E-state index < -0.39 is 18.2 Å². The van der Waals surface area contributed by atoms with Crippen molar-refractivity contribution in [3.63, 3.8) is 0 Å². The van der Waals surface area contributed by atoms with Gasteiger partial charge in [-0.1, -0.05) is 43.4 Å². The summed E-state index contributed by atoms with van der Waals surface area (Å²) in [5, 5.41) is 23.2. The van der Waals surface area contributed by atoms with E-state index in [4.69, 9.17) is 9.47 Å². The summed E-state index contributed by atoms with van der Waals surface area (Å²) < 4.78 is 11.9. The molecule has 2 heterocycles. The Bertz CT molecular complexity index is 890. The van der Waals surface area contributed by atoms with Gasteiger partial charge in [-0.3, -0.25) is 4.79 Å². The number of phenolic OH excluding ortho intramolecular Hbond substituents is 1. The van der Waals surface area contributed by atoms with E-state index in [2.05, 4.69) is 5.32 Å². The first-order valence-electron chi connectivity index (χ1n) is 11.1. The molecule has 2 aliphatic rings. The molecule has 2 bridgehead atoms. The van der Waals surface area contributed by atoms with Crippen LogP contribution in [0.4, 0.5) is 0 Å². The zero-order chi connectivity index (χ0) is 22.9. The summed E-state index contributed by atoms with van der Waals surface area (Å²) in [6.45, 7) is 2.01. The number of aromatic hydroxyl groups is 1. The molecule has 4 atom stereocenters. The van der Waals surface area contributed by atoms with Gasteiger partial charge in [-0.05, 0) is 37.3 Å². The van der Waals surface area contributed by atoms with E-state index in [0.717, 1.165) is 6.42 Å². The summed E-state index contributed by atoms with van der Waals surface area (Å²) in [4.78, 5) is 24.7. The van der Waals surface area contributed by atoms with E-state index in [1.807, 2.05) is 19.1 Å². The van der Waals surface area contributed by atoms with E-state index >= 15 is 0 Å². The topological polar surface area (TPSA) is 105 Å². The zero-order valence-electron chi connectivity index (χ0n) is 18.3. The molecule has 1 aromatic carbocycles. The van der Waals surface area contributed by atoms with Gasteiger partial charge >= 0.3 is 5.97 Å². The fourth-order valence-electron chi connectivity index (χ4n) is 4.07. The molecular weight excluding hydrogens is 410 g/mol. The number of allylic oxidation sites excluding steroid dienone is 3. The number of ether oxygens (including phenoxy) is 2. The lowest BCUT2D eigenvalue weighted by Crippen LogP contribution is -2.40. The van der Waals surface area contributed by atoms with Crippen molar-refractivity contribution < 1.29 is 29.3 Å². The molecule has 1 aromatic rings. The second kappa shape index (κ2) is 11.6. The Labute approximate surface area is 188 Å². The maximum absolute atomic E-state index is 12.9. The summed E-state index contributed by atoms with van der Waals surface area (Å²) >= 11 is 0. The first-order valence-corrected chi connectivity index (χ1v) is 11.1. The fourth-order valence-corrected chi connectivity index (χ4v) is 4.07. The molecule has 3 rings (SSSR count). The molecule has 0 radical (unpaired) electrons. The number of carbonyl (C=O) groups excluding carboxylic acids is 2. The molecule has 1 fully saturated rings. The number of esters is 1. The largest absolute Gasteiger partial charge is 0.507 e. The molecule has 0 aliphatic carbocycles. The molecule has 2 aliphatic heterocycles. The molecule has 0 saturated carbocycles. The number of phenols is 1. The van der Waals surface area contributed by atoms with Crippen molar-refractivity contribution in [1.29, 1.82) is 0 Å². The van der Waals surface area contributed by atoms with Gasteiger partial charge in [0.05, 0.1) is 18.3 Å². The standard InChI is InChI=1S/C25H31NO6/c1-2-3-4-5-11-23(29)26-12-7-9-19-16-21-15-18(27)14-20(31-21)13-17-8-6-10-22(28)24(17)25(30)32-19/h3-8,10-12,18-21,27-28H,2,9,13-16H2,1H3,(H,26,29)/b4-3?,11-5-,12-7+/t18-,19?,20-,21?/m0/s1. The molecule has 1 saturated heterocycles. The smallest absolute Gasteiger partial charge is 0.342 e. The molecule has 172 valence electrons. The number of aliphatic hydroxyl groups is 1. The monoisotopic (exact) mass is 441 g/mol. The third kappa shape index (κ3) is 6.80. The lowest BCUT2D eigenvalue weighted by molar-refractivity contribution is -0.115. The third-order valence-electron chi connectivity index (χ3n) is 5.51. The van der Waals surface area contributed by atoms with Gasteiger partial charge in [0, 0.05) is 25.1 Å². The quantitative estimate of drug-likeness (QED) is 0.355. The Hall–Kier alpha value is -2.90. The van der Waals surface area contributed by atoms with Gasteiger partial charge in [0.1, 0.15) is 17.4 Å². The van der Waals surface area contributed by atoms with Crippen molar-refractivity contribution in [1.82, 2.24) is 5.32 Å². The lowest BCUT2D eigenvalue weighted by Gasteiger charge is -2.36. The number of nitrogens with one attached hydrogen (secondary N) is 1. The van der Waals surface area contributed by atoms with Crippen molar-refractivity contribution in [3.8, 4) is 5.75 Å². The summed E-state index contributed by atoms with van der Waals surface area (Å²) in [7, 11) is 0. The van der Waals surface area contributed by atoms with E-state index in [1.54, 1.807) is 24.3 Å². The fraction of sp³-hybridized carbons (Fsp3) is 0.440. The van der Waals surface area contributed by atoms with Crippen LogP contribution < -0.4 is 5.32 Å². The van der Waals surface area contributed by atoms with E-state index in [-0.39, 0.29) is 29.4 Å². The van der Waals surface area contributed by atoms with Gasteiger partial charge in [0.2, 0.25) is 5.91 Å². The molecule has 32 heavy (non-hydrogen) atoms. The third-order valence-corrected chi connectivity index (χ3v) is 5.51. The van der Waals surface area contributed by atoms with Gasteiger partial charge in [0.25, 0.3) is 0 Å². The van der Waals surface area contributed by atoms with Crippen molar-refractivity contribution >= 4 is 11.9 Å². The van der Waals surface area contributed by atoms with Crippen molar-refractivity contribution in [2.45, 2.75) is 69.9 Å². The van der Waals surface area contributed by atoms with Crippen LogP contribution in [0.15, 0.2) is 54.8 Å². The maximum atomic E-state index is 12.9. The van der Waals surface area contributed by atoms with Crippen LogP contribution >= 0.6 is 0 Å². The number of benzene rings is 1. The Morgan fingerprint density at radius 2 is 2.00 bits per heavy atom. The minimum Gasteiger partial charge on any atom is -0.507 e. The number of fused-ring (bicyclic) bond motifs is 3. The SMILES string of the molecule is CCC=C/C=C\C(=O)N/C=C/CC1CC2C[C@@H](O)C[C@H](Cc3cccc(O)c3C(=O)O1)O2. The normalized spacial score (nSPS) is 26.2. The first-order chi connectivity index (χ1) is 15.5. The molecule has 0 spiro atoms. The molecule has 7 nitrogen and oxygen atoms in total. The molecule has 3 N–H and O–H groups in total. The van der Waals surface area contributed by atoms with Crippen LogP contribution in [-0.4, -0.2) is 46.5 Å². The Kier molecular flexibility index (Phi) is 8.64. The van der Waals surface area contributed by atoms with Gasteiger partial charge in [-0.25, -0.2) is 4.79 Å². The van der Waals surface area contributed by atoms with Crippen LogP contribution in [0, 0.1) is 0 Å². The number of aliphatic hydroxyl groups excluding tert-OH is 1. The van der Waals surface area contributed by atoms with Crippen LogP contribution in [0.3, 0.4) is 0 Å². The Morgan fingerprint density at radius 3 is 2.81 bits per heavy atom. The Balaban J connectivity index is 1.70. The van der Waals surface area contributed by atoms with Crippen LogP contribution in [0.2, 0.25) is 0 Å². The number of amides is 1.